The molecule has 1 heterocycles. The first-order valence-corrected chi connectivity index (χ1v) is 5.49. The minimum atomic E-state index is -1.44. The third-order valence-electron chi connectivity index (χ3n) is 2.02. The van der Waals surface area contributed by atoms with Crippen LogP contribution in [0.3, 0.4) is 0 Å². The van der Waals surface area contributed by atoms with Crippen molar-refractivity contribution in [2.75, 3.05) is 4.43 Å². The molecule has 68 valence electrons. The van der Waals surface area contributed by atoms with Gasteiger partial charge < -0.3 is 4.74 Å². The van der Waals surface area contributed by atoms with E-state index in [0.717, 1.165) is 0 Å². The van der Waals surface area contributed by atoms with E-state index in [1.54, 1.807) is 6.92 Å². The Labute approximate surface area is 86.2 Å². The normalized spacial score (nSPS) is 40.7. The Morgan fingerprint density at radius 1 is 1.75 bits per heavy atom. The van der Waals surface area contributed by atoms with Crippen LogP contribution in [0, 0.1) is 17.8 Å². The molecule has 1 saturated heterocycles. The summed E-state index contributed by atoms with van der Waals surface area (Å²) >= 11 is 2.01. The standard InChI is InChI=1S/C9H12FIO/c1-3-4-8-5-9(10,6-11)12-7(8)2/h7-8H,5-6H2,1-2H3/t7-,8-,9-/m0/s1. The van der Waals surface area contributed by atoms with Gasteiger partial charge in [0.25, 0.3) is 0 Å². The number of hydrogen-bond acceptors (Lipinski definition) is 1. The molecule has 0 aromatic carbocycles. The van der Waals surface area contributed by atoms with E-state index in [1.807, 2.05) is 29.5 Å². The maximum absolute atomic E-state index is 13.6. The molecule has 0 amide bonds. The molecule has 0 N–H and O–H groups in total. The molecule has 1 fully saturated rings. The Morgan fingerprint density at radius 3 is 2.83 bits per heavy atom. The monoisotopic (exact) mass is 282 g/mol. The lowest BCUT2D eigenvalue weighted by atomic mass is 10.0. The lowest BCUT2D eigenvalue weighted by molar-refractivity contribution is -0.109. The van der Waals surface area contributed by atoms with Crippen LogP contribution in [0.4, 0.5) is 4.39 Å². The van der Waals surface area contributed by atoms with Gasteiger partial charge in [-0.05, 0) is 13.8 Å². The second-order valence-corrected chi connectivity index (χ2v) is 3.81. The van der Waals surface area contributed by atoms with Crippen molar-refractivity contribution in [2.45, 2.75) is 32.2 Å². The second kappa shape index (κ2) is 3.93. The van der Waals surface area contributed by atoms with Crippen LogP contribution in [0.25, 0.3) is 0 Å². The fraction of sp³-hybridized carbons (Fsp3) is 0.778. The molecule has 1 rings (SSSR count). The molecule has 0 spiro atoms. The zero-order valence-corrected chi connectivity index (χ0v) is 9.39. The van der Waals surface area contributed by atoms with Crippen molar-refractivity contribution in [3.63, 3.8) is 0 Å². The lowest BCUT2D eigenvalue weighted by Crippen LogP contribution is -2.23. The Kier molecular flexibility index (Phi) is 3.36. The van der Waals surface area contributed by atoms with E-state index >= 15 is 0 Å². The van der Waals surface area contributed by atoms with Crippen LogP contribution in [-0.4, -0.2) is 16.4 Å². The molecule has 0 aliphatic carbocycles. The zero-order valence-electron chi connectivity index (χ0n) is 7.23. The van der Waals surface area contributed by atoms with Gasteiger partial charge in [-0.25, -0.2) is 4.39 Å². The average molecular weight is 282 g/mol. The lowest BCUT2D eigenvalue weighted by Gasteiger charge is -2.15. The number of hydrogen-bond donors (Lipinski definition) is 0. The molecule has 0 aromatic heterocycles. The second-order valence-electron chi connectivity index (χ2n) is 3.04. The van der Waals surface area contributed by atoms with Crippen molar-refractivity contribution < 1.29 is 9.13 Å². The molecule has 3 heteroatoms. The van der Waals surface area contributed by atoms with Crippen LogP contribution < -0.4 is 0 Å². The summed E-state index contributed by atoms with van der Waals surface area (Å²) in [6.07, 6.45) is 0.343. The Bertz CT molecular complexity index is 220. The van der Waals surface area contributed by atoms with Gasteiger partial charge in [0.15, 0.2) is 0 Å². The van der Waals surface area contributed by atoms with Gasteiger partial charge >= 0.3 is 0 Å². The van der Waals surface area contributed by atoms with Gasteiger partial charge in [-0.3, -0.25) is 0 Å². The number of rotatable bonds is 1. The Morgan fingerprint density at radius 2 is 2.42 bits per heavy atom. The van der Waals surface area contributed by atoms with E-state index in [4.69, 9.17) is 4.74 Å². The van der Waals surface area contributed by atoms with Gasteiger partial charge in [0.2, 0.25) is 5.85 Å². The Hall–Kier alpha value is 0.180. The highest BCUT2D eigenvalue weighted by molar-refractivity contribution is 14.1. The Balaban J connectivity index is 2.65. The van der Waals surface area contributed by atoms with Crippen LogP contribution in [0.2, 0.25) is 0 Å². The number of ether oxygens (including phenoxy) is 1. The summed E-state index contributed by atoms with van der Waals surface area (Å²) in [5, 5.41) is 0. The molecule has 0 unspecified atom stereocenters. The van der Waals surface area contributed by atoms with E-state index in [0.29, 0.717) is 10.8 Å². The van der Waals surface area contributed by atoms with E-state index in [9.17, 15) is 4.39 Å². The van der Waals surface area contributed by atoms with Crippen molar-refractivity contribution >= 4 is 22.6 Å². The van der Waals surface area contributed by atoms with Gasteiger partial charge in [0.1, 0.15) is 0 Å². The summed E-state index contributed by atoms with van der Waals surface area (Å²) < 4.78 is 19.1. The molecule has 0 radical (unpaired) electrons. The molecule has 0 saturated carbocycles. The van der Waals surface area contributed by atoms with Crippen LogP contribution >= 0.6 is 22.6 Å². The van der Waals surface area contributed by atoms with E-state index < -0.39 is 5.85 Å². The summed E-state index contributed by atoms with van der Waals surface area (Å²) in [5.74, 6) is 4.40. The highest BCUT2D eigenvalue weighted by atomic mass is 127. The predicted molar refractivity (Wildman–Crippen MR) is 54.8 cm³/mol. The van der Waals surface area contributed by atoms with Crippen LogP contribution in [0.15, 0.2) is 0 Å². The molecule has 3 atom stereocenters. The van der Waals surface area contributed by atoms with Gasteiger partial charge in [-0.15, -0.1) is 5.92 Å². The van der Waals surface area contributed by atoms with Gasteiger partial charge in [0.05, 0.1) is 16.4 Å². The van der Waals surface area contributed by atoms with Gasteiger partial charge in [0, 0.05) is 6.42 Å². The van der Waals surface area contributed by atoms with Gasteiger partial charge in [-0.1, -0.05) is 28.5 Å². The van der Waals surface area contributed by atoms with Crippen molar-refractivity contribution in [3.05, 3.63) is 0 Å². The first-order valence-electron chi connectivity index (χ1n) is 3.96. The quantitative estimate of drug-likeness (QED) is 0.408. The predicted octanol–water partition coefficient (Wildman–Crippen LogP) is 2.54. The molecule has 1 nitrogen and oxygen atoms in total. The maximum atomic E-state index is 13.6. The van der Waals surface area contributed by atoms with Crippen LogP contribution in [0.1, 0.15) is 20.3 Å². The molecule has 1 aliphatic rings. The number of alkyl halides is 2. The minimum Gasteiger partial charge on any atom is -0.341 e. The minimum absolute atomic E-state index is 0.0646. The third kappa shape index (κ3) is 2.11. The highest BCUT2D eigenvalue weighted by Gasteiger charge is 2.43. The van der Waals surface area contributed by atoms with Crippen molar-refractivity contribution in [2.24, 2.45) is 5.92 Å². The molecule has 12 heavy (non-hydrogen) atoms. The summed E-state index contributed by atoms with van der Waals surface area (Å²) in [6, 6.07) is 0. The van der Waals surface area contributed by atoms with Crippen molar-refractivity contribution in [1.29, 1.82) is 0 Å². The van der Waals surface area contributed by atoms with E-state index in [2.05, 4.69) is 11.8 Å². The maximum Gasteiger partial charge on any atom is 0.219 e. The van der Waals surface area contributed by atoms with E-state index in [1.165, 1.54) is 0 Å². The topological polar surface area (TPSA) is 9.23 Å². The van der Waals surface area contributed by atoms with Crippen LogP contribution in [-0.2, 0) is 4.74 Å². The molecule has 1 aliphatic heterocycles. The number of halogens is 2. The molecule has 0 aromatic rings. The summed E-state index contributed by atoms with van der Waals surface area (Å²) in [4.78, 5) is 0. The average Bonchev–Trinajstić information content (AvgIpc) is 2.30. The van der Waals surface area contributed by atoms with Gasteiger partial charge in [-0.2, -0.15) is 0 Å². The molecule has 0 bridgehead atoms. The smallest absolute Gasteiger partial charge is 0.219 e. The van der Waals surface area contributed by atoms with Crippen LogP contribution in [0.5, 0.6) is 0 Å². The summed E-state index contributed by atoms with van der Waals surface area (Å²) in [6.45, 7) is 3.65. The first-order chi connectivity index (χ1) is 5.61. The highest BCUT2D eigenvalue weighted by Crippen LogP contribution is 2.37. The van der Waals surface area contributed by atoms with Crippen molar-refractivity contribution in [3.8, 4) is 11.8 Å². The largest absolute Gasteiger partial charge is 0.341 e. The third-order valence-corrected chi connectivity index (χ3v) is 3.16. The fourth-order valence-corrected chi connectivity index (χ4v) is 1.89. The zero-order chi connectivity index (χ0) is 9.19. The first kappa shape index (κ1) is 10.3. The fourth-order valence-electron chi connectivity index (χ4n) is 1.40. The summed E-state index contributed by atoms with van der Waals surface area (Å²) in [5.41, 5.74) is 0. The van der Waals surface area contributed by atoms with Crippen molar-refractivity contribution in [1.82, 2.24) is 0 Å². The SMILES string of the molecule is CC#C[C@H]1C[C@@](F)(CI)O[C@H]1C. The molecular weight excluding hydrogens is 270 g/mol. The summed E-state index contributed by atoms with van der Waals surface area (Å²) in [7, 11) is 0. The van der Waals surface area contributed by atoms with E-state index in [-0.39, 0.29) is 12.0 Å². The molecular formula is C9H12FIO.